The van der Waals surface area contributed by atoms with Gasteiger partial charge in [-0.1, -0.05) is 66.2 Å². The molecule has 8 heteroatoms. The third kappa shape index (κ3) is 7.80. The zero-order chi connectivity index (χ0) is 35.2. The number of nitrogens with zero attached hydrogens (tertiary/aromatic N) is 3. The second-order valence-electron chi connectivity index (χ2n) is 12.8. The quantitative estimate of drug-likeness (QED) is 0.0653. The largest absolute Gasteiger partial charge is 0.390 e. The van der Waals surface area contributed by atoms with Crippen LogP contribution in [-0.4, -0.2) is 29.5 Å². The smallest absolute Gasteiger partial charge is 0.328 e. The van der Waals surface area contributed by atoms with Gasteiger partial charge in [-0.2, -0.15) is 0 Å². The second-order valence-corrected chi connectivity index (χ2v) is 13.2. The molecular weight excluding hydrogens is 648 g/mol. The number of nitrogens with one attached hydrogen (secondary N) is 2. The Balaban J connectivity index is 1.23. The summed E-state index contributed by atoms with van der Waals surface area (Å²) in [6, 6.07) is 18.6. The van der Waals surface area contributed by atoms with Crippen LogP contribution in [0.25, 0.3) is 39.0 Å². The molecule has 2 atom stereocenters. The van der Waals surface area contributed by atoms with Crippen molar-refractivity contribution in [3.8, 4) is 33.4 Å². The number of fused-ring (bicyclic) bond motifs is 1. The maximum atomic E-state index is 16.3. The standard InChI is InChI=1S/C42H43ClF2N5/c1-5-7-11-32(46-4)23-47-24-38-28(3)19-31(20-39(38)44)35-14-10-16-37(42(35)45)36-15-9-13-34(41(36)43)30-17-18-49-25-29(22-48-40(49)21-30)26-50-27-33(50)12-8-6-2/h5-6,9-10,13-23,25,33,46-47H,1-2,7-8,11-12,24,26-27H2,3-4H3/q+1/b32-23+. The van der Waals surface area contributed by atoms with Gasteiger partial charge in [0.15, 0.2) is 0 Å². The Bertz CT molecular complexity index is 2050. The van der Waals surface area contributed by atoms with Gasteiger partial charge < -0.3 is 10.6 Å². The maximum Gasteiger partial charge on any atom is 0.328 e. The van der Waals surface area contributed by atoms with Crippen molar-refractivity contribution in [3.63, 3.8) is 0 Å². The van der Waals surface area contributed by atoms with Crippen LogP contribution in [0.1, 0.15) is 42.4 Å². The van der Waals surface area contributed by atoms with E-state index in [0.717, 1.165) is 72.4 Å². The number of aromatic nitrogens is 2. The number of aryl methyl sites for hydroxylation is 1. The molecule has 5 aromatic rings. The first-order chi connectivity index (χ1) is 24.3. The number of hydrogen-bond donors (Lipinski definition) is 2. The van der Waals surface area contributed by atoms with E-state index in [1.807, 2.05) is 85.5 Å². The van der Waals surface area contributed by atoms with E-state index in [1.54, 1.807) is 18.2 Å². The average molecular weight is 691 g/mol. The lowest BCUT2D eigenvalue weighted by Crippen LogP contribution is -2.23. The molecule has 1 aliphatic heterocycles. The Labute approximate surface area is 298 Å². The summed E-state index contributed by atoms with van der Waals surface area (Å²) < 4.78 is 33.8. The number of allylic oxidation sites excluding steroid dienone is 3. The van der Waals surface area contributed by atoms with Gasteiger partial charge in [0, 0.05) is 84.1 Å². The summed E-state index contributed by atoms with van der Waals surface area (Å²) in [5, 5.41) is 6.78. The lowest BCUT2D eigenvalue weighted by molar-refractivity contribution is -0.515. The fraction of sp³-hybridized carbons (Fsp3) is 0.238. The van der Waals surface area contributed by atoms with Crippen LogP contribution in [0.2, 0.25) is 5.02 Å². The van der Waals surface area contributed by atoms with Crippen LogP contribution >= 0.6 is 11.6 Å². The molecule has 0 aliphatic carbocycles. The van der Waals surface area contributed by atoms with Crippen molar-refractivity contribution >= 4 is 17.2 Å². The third-order valence-corrected chi connectivity index (χ3v) is 9.78. The summed E-state index contributed by atoms with van der Waals surface area (Å²) in [6.07, 6.45) is 15.6. The Morgan fingerprint density at radius 2 is 1.76 bits per heavy atom. The molecule has 0 radical (unpaired) electrons. The molecule has 1 aliphatic rings. The minimum absolute atomic E-state index is 0.307. The summed E-state index contributed by atoms with van der Waals surface area (Å²) in [4.78, 5) is 7.18. The summed E-state index contributed by atoms with van der Waals surface area (Å²) in [6.45, 7) is 11.7. The van der Waals surface area contributed by atoms with Crippen molar-refractivity contribution < 1.29 is 13.2 Å². The van der Waals surface area contributed by atoms with Crippen molar-refractivity contribution in [3.05, 3.63) is 150 Å². The molecule has 0 spiro atoms. The fourth-order valence-electron chi connectivity index (χ4n) is 6.44. The predicted octanol–water partition coefficient (Wildman–Crippen LogP) is 9.33. The number of benzene rings is 3. The van der Waals surface area contributed by atoms with Gasteiger partial charge in [0.2, 0.25) is 0 Å². The van der Waals surface area contributed by atoms with Gasteiger partial charge in [-0.15, -0.1) is 13.2 Å². The van der Waals surface area contributed by atoms with Crippen LogP contribution in [0.5, 0.6) is 0 Å². The minimum atomic E-state index is -0.457. The van der Waals surface area contributed by atoms with E-state index in [2.05, 4.69) is 34.9 Å². The molecular formula is C42H43ClF2N5+. The highest BCUT2D eigenvalue weighted by Crippen LogP contribution is 2.40. The molecule has 6 rings (SSSR count). The van der Waals surface area contributed by atoms with E-state index in [-0.39, 0.29) is 0 Å². The Morgan fingerprint density at radius 3 is 2.52 bits per heavy atom. The van der Waals surface area contributed by atoms with Crippen LogP contribution in [0.3, 0.4) is 0 Å². The molecule has 5 nitrogen and oxygen atoms in total. The third-order valence-electron chi connectivity index (χ3n) is 9.37. The first-order valence-electron chi connectivity index (χ1n) is 17.0. The average Bonchev–Trinajstić information content (AvgIpc) is 3.87. The lowest BCUT2D eigenvalue weighted by Gasteiger charge is -2.15. The summed E-state index contributed by atoms with van der Waals surface area (Å²) in [7, 11) is 1.85. The number of halogens is 3. The van der Waals surface area contributed by atoms with E-state index in [1.165, 1.54) is 6.07 Å². The molecule has 2 unspecified atom stereocenters. The molecule has 0 saturated carbocycles. The van der Waals surface area contributed by atoms with Crippen LogP contribution in [0.4, 0.5) is 8.78 Å². The highest BCUT2D eigenvalue weighted by Gasteiger charge is 2.33. The summed E-state index contributed by atoms with van der Waals surface area (Å²) >= 11 is 7.03. The second kappa shape index (κ2) is 15.8. The van der Waals surface area contributed by atoms with Crippen molar-refractivity contribution in [2.45, 2.75) is 51.7 Å². The van der Waals surface area contributed by atoms with Gasteiger partial charge in [-0.25, -0.2) is 13.2 Å². The van der Waals surface area contributed by atoms with Gasteiger partial charge in [0.1, 0.15) is 24.0 Å². The predicted molar refractivity (Wildman–Crippen MR) is 200 cm³/mol. The van der Waals surface area contributed by atoms with Crippen LogP contribution in [0, 0.1) is 18.6 Å². The van der Waals surface area contributed by atoms with Crippen molar-refractivity contribution in [1.82, 2.24) is 20.5 Å². The topological polar surface area (TPSA) is 44.1 Å². The SMILES string of the molecule is C=CCC/C(=C\NCc1c(C)cc(-c2cccc(-c3cccc(-c4cc[n+]5cc(CN6CC6CCC=C)cnc5c4)c3Cl)c2F)cc1F)NC. The first kappa shape index (κ1) is 35.0. The Kier molecular flexibility index (Phi) is 11.1. The number of pyridine rings is 1. The molecule has 1 saturated heterocycles. The normalized spacial score (nSPS) is 15.6. The van der Waals surface area contributed by atoms with Crippen LogP contribution < -0.4 is 15.0 Å². The molecule has 2 aromatic heterocycles. The van der Waals surface area contributed by atoms with Crippen molar-refractivity contribution in [2.24, 2.45) is 0 Å². The van der Waals surface area contributed by atoms with Crippen LogP contribution in [-0.2, 0) is 13.1 Å². The molecule has 3 aromatic carbocycles. The highest BCUT2D eigenvalue weighted by atomic mass is 35.5. The van der Waals surface area contributed by atoms with Crippen LogP contribution in [0.15, 0.2) is 116 Å². The molecule has 50 heavy (non-hydrogen) atoms. The van der Waals surface area contributed by atoms with Gasteiger partial charge in [-0.3, -0.25) is 4.90 Å². The van der Waals surface area contributed by atoms with E-state index in [0.29, 0.717) is 45.4 Å². The van der Waals surface area contributed by atoms with E-state index < -0.39 is 11.6 Å². The summed E-state index contributed by atoms with van der Waals surface area (Å²) in [5.74, 6) is -0.850. The molecule has 0 bridgehead atoms. The van der Waals surface area contributed by atoms with E-state index >= 15 is 8.78 Å². The van der Waals surface area contributed by atoms with E-state index in [4.69, 9.17) is 16.6 Å². The van der Waals surface area contributed by atoms with Gasteiger partial charge in [0.05, 0.1) is 11.2 Å². The molecule has 0 amide bonds. The van der Waals surface area contributed by atoms with Crippen molar-refractivity contribution in [2.75, 3.05) is 13.6 Å². The first-order valence-corrected chi connectivity index (χ1v) is 17.4. The fourth-order valence-corrected chi connectivity index (χ4v) is 6.78. The molecule has 3 heterocycles. The van der Waals surface area contributed by atoms with Gasteiger partial charge in [-0.05, 0) is 66.4 Å². The Morgan fingerprint density at radius 1 is 1.00 bits per heavy atom. The number of hydrogen-bond acceptors (Lipinski definition) is 4. The van der Waals surface area contributed by atoms with E-state index in [9.17, 15) is 0 Å². The van der Waals surface area contributed by atoms with Gasteiger partial charge in [0.25, 0.3) is 0 Å². The zero-order valence-electron chi connectivity index (χ0n) is 28.7. The molecule has 2 N–H and O–H groups in total. The molecule has 1 fully saturated rings. The highest BCUT2D eigenvalue weighted by molar-refractivity contribution is 6.36. The zero-order valence-corrected chi connectivity index (χ0v) is 29.4. The van der Waals surface area contributed by atoms with Gasteiger partial charge >= 0.3 is 5.65 Å². The monoisotopic (exact) mass is 690 g/mol. The maximum absolute atomic E-state index is 16.3. The Hall–Kier alpha value is -4.85. The molecule has 256 valence electrons. The number of rotatable bonds is 15. The lowest BCUT2D eigenvalue weighted by atomic mass is 9.94. The summed E-state index contributed by atoms with van der Waals surface area (Å²) in [5.41, 5.74) is 7.55. The van der Waals surface area contributed by atoms with Crippen molar-refractivity contribution in [1.29, 1.82) is 0 Å². The minimum Gasteiger partial charge on any atom is -0.390 e.